The molecule has 1 heterocycles. The van der Waals surface area contributed by atoms with Crippen molar-refractivity contribution in [3.63, 3.8) is 0 Å². The molecule has 2 atom stereocenters. The average Bonchev–Trinajstić information content (AvgIpc) is 2.82. The van der Waals surface area contributed by atoms with Gasteiger partial charge in [-0.1, -0.05) is 13.3 Å². The van der Waals surface area contributed by atoms with Crippen LogP contribution in [0.4, 0.5) is 0 Å². The van der Waals surface area contributed by atoms with Crippen molar-refractivity contribution in [2.45, 2.75) is 71.9 Å². The second-order valence-corrected chi connectivity index (χ2v) is 7.41. The van der Waals surface area contributed by atoms with Gasteiger partial charge in [-0.05, 0) is 46.5 Å². The highest BCUT2D eigenvalue weighted by molar-refractivity contribution is 6.38. The molecule has 0 saturated carbocycles. The molecule has 0 aromatic carbocycles. The predicted molar refractivity (Wildman–Crippen MR) is 86.6 cm³/mol. The van der Waals surface area contributed by atoms with Crippen molar-refractivity contribution in [3.05, 3.63) is 0 Å². The van der Waals surface area contributed by atoms with E-state index in [0.29, 0.717) is 25.9 Å². The van der Waals surface area contributed by atoms with Crippen molar-refractivity contribution >= 4 is 17.5 Å². The van der Waals surface area contributed by atoms with Gasteiger partial charge in [-0.2, -0.15) is 0 Å². The van der Waals surface area contributed by atoms with Crippen LogP contribution in [0.1, 0.15) is 60.3 Å². The number of carbonyl (C=O) groups excluding carboxylic acids is 3. The number of hydrogen-bond donors (Lipinski definition) is 1. The normalized spacial score (nSPS) is 20.0. The van der Waals surface area contributed by atoms with E-state index in [2.05, 4.69) is 5.32 Å². The van der Waals surface area contributed by atoms with Gasteiger partial charge in [0, 0.05) is 25.0 Å². The van der Waals surface area contributed by atoms with Gasteiger partial charge >= 0.3 is 0 Å². The predicted octanol–water partition coefficient (Wildman–Crippen LogP) is 1.94. The van der Waals surface area contributed by atoms with E-state index in [0.717, 1.165) is 12.8 Å². The molecule has 1 amide bonds. The highest BCUT2D eigenvalue weighted by Gasteiger charge is 2.34. The van der Waals surface area contributed by atoms with Crippen LogP contribution >= 0.6 is 0 Å². The summed E-state index contributed by atoms with van der Waals surface area (Å²) in [7, 11) is 0. The van der Waals surface area contributed by atoms with Gasteiger partial charge in [-0.3, -0.25) is 9.59 Å². The number of rotatable bonds is 7. The number of ketones is 2. The van der Waals surface area contributed by atoms with Gasteiger partial charge in [0.2, 0.25) is 5.78 Å². The fraction of sp³-hybridized carbons (Fsp3) is 0.824. The smallest absolute Gasteiger partial charge is 0.291 e. The Labute approximate surface area is 133 Å². The van der Waals surface area contributed by atoms with E-state index in [1.165, 1.54) is 0 Å². The molecule has 1 N–H and O–H groups in total. The van der Waals surface area contributed by atoms with Gasteiger partial charge in [-0.15, -0.1) is 0 Å². The highest BCUT2D eigenvalue weighted by Crippen LogP contribution is 2.20. The van der Waals surface area contributed by atoms with E-state index < -0.39 is 11.9 Å². The number of likely N-dealkylation sites (tertiary alicyclic amines) is 1. The maximum Gasteiger partial charge on any atom is 0.291 e. The van der Waals surface area contributed by atoms with Gasteiger partial charge in [0.15, 0.2) is 0 Å². The minimum absolute atomic E-state index is 0.142. The molecule has 5 nitrogen and oxygen atoms in total. The largest absolute Gasteiger partial charge is 0.336 e. The summed E-state index contributed by atoms with van der Waals surface area (Å²) in [5.74, 6) is -0.403. The standard InChI is InChI=1S/C17H30N2O3/c1-6-7-14(18-17(3,4)5)15(21)16(22)19-9-8-13(11-19)10-12(2)20/h13-14,18H,6-11H2,1-5H3. The lowest BCUT2D eigenvalue weighted by molar-refractivity contribution is -0.145. The Morgan fingerprint density at radius 1 is 1.27 bits per heavy atom. The van der Waals surface area contributed by atoms with Crippen molar-refractivity contribution in [2.24, 2.45) is 5.92 Å². The topological polar surface area (TPSA) is 66.5 Å². The summed E-state index contributed by atoms with van der Waals surface area (Å²) in [4.78, 5) is 37.7. The fourth-order valence-electron chi connectivity index (χ4n) is 2.98. The van der Waals surface area contributed by atoms with Gasteiger partial charge in [0.05, 0.1) is 6.04 Å². The van der Waals surface area contributed by atoms with Crippen molar-refractivity contribution in [3.8, 4) is 0 Å². The first-order valence-electron chi connectivity index (χ1n) is 8.24. The van der Waals surface area contributed by atoms with Gasteiger partial charge in [0.1, 0.15) is 5.78 Å². The van der Waals surface area contributed by atoms with E-state index in [1.54, 1.807) is 11.8 Å². The van der Waals surface area contributed by atoms with Crippen LogP contribution in [0.2, 0.25) is 0 Å². The van der Waals surface area contributed by atoms with Crippen LogP contribution in [0.3, 0.4) is 0 Å². The summed E-state index contributed by atoms with van der Waals surface area (Å²) in [6.07, 6.45) is 2.81. The van der Waals surface area contributed by atoms with Crippen molar-refractivity contribution < 1.29 is 14.4 Å². The van der Waals surface area contributed by atoms with E-state index in [9.17, 15) is 14.4 Å². The summed E-state index contributed by atoms with van der Waals surface area (Å²) in [6, 6.07) is -0.427. The molecule has 1 aliphatic heterocycles. The zero-order valence-electron chi connectivity index (χ0n) is 14.6. The fourth-order valence-corrected chi connectivity index (χ4v) is 2.98. The minimum atomic E-state index is -0.427. The SMILES string of the molecule is CCCC(NC(C)(C)C)C(=O)C(=O)N1CCC(CC(C)=O)C1. The highest BCUT2D eigenvalue weighted by atomic mass is 16.2. The Hall–Kier alpha value is -1.23. The van der Waals surface area contributed by atoms with Crippen LogP contribution in [-0.2, 0) is 14.4 Å². The molecule has 1 saturated heterocycles. The summed E-state index contributed by atoms with van der Waals surface area (Å²) in [5, 5.41) is 3.25. The van der Waals surface area contributed by atoms with Crippen LogP contribution in [0.15, 0.2) is 0 Å². The molecule has 1 rings (SSSR count). The quantitative estimate of drug-likeness (QED) is 0.730. The van der Waals surface area contributed by atoms with Gasteiger partial charge in [-0.25, -0.2) is 0 Å². The van der Waals surface area contributed by atoms with Crippen LogP contribution in [0.25, 0.3) is 0 Å². The van der Waals surface area contributed by atoms with Crippen LogP contribution in [0.5, 0.6) is 0 Å². The lowest BCUT2D eigenvalue weighted by atomic mass is 10.0. The molecule has 1 aliphatic rings. The van der Waals surface area contributed by atoms with Crippen LogP contribution in [-0.4, -0.2) is 47.0 Å². The molecule has 126 valence electrons. The van der Waals surface area contributed by atoms with E-state index >= 15 is 0 Å². The molecule has 2 unspecified atom stereocenters. The third kappa shape index (κ3) is 5.87. The first-order chi connectivity index (χ1) is 10.1. The average molecular weight is 310 g/mol. The summed E-state index contributed by atoms with van der Waals surface area (Å²) in [5.41, 5.74) is -0.210. The molecule has 0 aliphatic carbocycles. The number of Topliss-reactive ketones (excluding diaryl/α,β-unsaturated/α-hetero) is 2. The van der Waals surface area contributed by atoms with E-state index in [4.69, 9.17) is 0 Å². The lowest BCUT2D eigenvalue weighted by Gasteiger charge is -2.28. The maximum atomic E-state index is 12.5. The van der Waals surface area contributed by atoms with Crippen LogP contribution < -0.4 is 5.32 Å². The minimum Gasteiger partial charge on any atom is -0.336 e. The number of hydrogen-bond acceptors (Lipinski definition) is 4. The molecule has 0 aromatic heterocycles. The monoisotopic (exact) mass is 310 g/mol. The van der Waals surface area contributed by atoms with E-state index in [1.807, 2.05) is 27.7 Å². The zero-order valence-corrected chi connectivity index (χ0v) is 14.6. The van der Waals surface area contributed by atoms with Crippen LogP contribution in [0, 0.1) is 5.92 Å². The van der Waals surface area contributed by atoms with E-state index in [-0.39, 0.29) is 23.0 Å². The molecule has 0 bridgehead atoms. The summed E-state index contributed by atoms with van der Waals surface area (Å²) in [6.45, 7) is 10.7. The molecular formula is C17H30N2O3. The maximum absolute atomic E-state index is 12.5. The Bertz CT molecular complexity index is 426. The first kappa shape index (κ1) is 18.8. The molecule has 5 heteroatoms. The lowest BCUT2D eigenvalue weighted by Crippen LogP contribution is -2.52. The Balaban J connectivity index is 2.66. The molecular weight excluding hydrogens is 280 g/mol. The molecule has 0 aromatic rings. The number of nitrogens with one attached hydrogen (secondary N) is 1. The number of amides is 1. The zero-order chi connectivity index (χ0) is 16.9. The molecule has 0 radical (unpaired) electrons. The molecule has 0 spiro atoms. The van der Waals surface area contributed by atoms with Gasteiger partial charge < -0.3 is 15.0 Å². The first-order valence-corrected chi connectivity index (χ1v) is 8.24. The van der Waals surface area contributed by atoms with Crippen molar-refractivity contribution in [1.29, 1.82) is 0 Å². The summed E-state index contributed by atoms with van der Waals surface area (Å²) >= 11 is 0. The Kier molecular flexibility index (Phi) is 6.72. The Morgan fingerprint density at radius 3 is 2.41 bits per heavy atom. The Morgan fingerprint density at radius 2 is 1.91 bits per heavy atom. The van der Waals surface area contributed by atoms with Gasteiger partial charge in [0.25, 0.3) is 5.91 Å². The van der Waals surface area contributed by atoms with Crippen molar-refractivity contribution in [1.82, 2.24) is 10.2 Å². The molecule has 22 heavy (non-hydrogen) atoms. The molecule has 1 fully saturated rings. The second kappa shape index (κ2) is 7.86. The third-order valence-corrected chi connectivity index (χ3v) is 3.86. The summed E-state index contributed by atoms with van der Waals surface area (Å²) < 4.78 is 0. The van der Waals surface area contributed by atoms with Crippen molar-refractivity contribution in [2.75, 3.05) is 13.1 Å². The second-order valence-electron chi connectivity index (χ2n) is 7.41. The number of nitrogens with zero attached hydrogens (tertiary/aromatic N) is 1. The number of carbonyl (C=O) groups is 3. The third-order valence-electron chi connectivity index (χ3n) is 3.86.